The first-order valence-electron chi connectivity index (χ1n) is 10.5. The fourth-order valence-corrected chi connectivity index (χ4v) is 3.70. The van der Waals surface area contributed by atoms with Gasteiger partial charge in [0.15, 0.2) is 0 Å². The zero-order valence-electron chi connectivity index (χ0n) is 18.1. The number of ether oxygens (including phenoxy) is 1. The van der Waals surface area contributed by atoms with Crippen molar-refractivity contribution in [3.8, 4) is 5.75 Å². The maximum Gasteiger partial charge on any atom is 0.254 e. The summed E-state index contributed by atoms with van der Waals surface area (Å²) in [5.74, 6) is 0.678. The predicted molar refractivity (Wildman–Crippen MR) is 118 cm³/mol. The highest BCUT2D eigenvalue weighted by Gasteiger charge is 2.25. The van der Waals surface area contributed by atoms with E-state index in [0.717, 1.165) is 28.2 Å². The average molecular weight is 418 g/mol. The summed E-state index contributed by atoms with van der Waals surface area (Å²) in [7, 11) is 0. The molecule has 2 amide bonds. The van der Waals surface area contributed by atoms with E-state index in [-0.39, 0.29) is 11.8 Å². The van der Waals surface area contributed by atoms with Gasteiger partial charge >= 0.3 is 0 Å². The van der Waals surface area contributed by atoms with Crippen LogP contribution in [0.2, 0.25) is 0 Å². The Labute approximate surface area is 181 Å². The van der Waals surface area contributed by atoms with Crippen LogP contribution in [0, 0.1) is 13.8 Å². The Morgan fingerprint density at radius 2 is 1.32 bits per heavy atom. The van der Waals surface area contributed by atoms with E-state index >= 15 is 0 Å². The predicted octanol–water partition coefficient (Wildman–Crippen LogP) is 3.24. The SMILES string of the molecule is CCOc1ccc(C(=O)N2CCN(C(=O)c3ccc4nc(C)c(C)nc4c3)CC2)cc1. The van der Waals surface area contributed by atoms with E-state index in [1.165, 1.54) is 0 Å². The molecular weight excluding hydrogens is 392 g/mol. The van der Waals surface area contributed by atoms with E-state index in [4.69, 9.17) is 4.74 Å². The number of rotatable bonds is 4. The molecule has 1 saturated heterocycles. The molecule has 0 N–H and O–H groups in total. The van der Waals surface area contributed by atoms with Gasteiger partial charge in [-0.15, -0.1) is 0 Å². The summed E-state index contributed by atoms with van der Waals surface area (Å²) in [6.07, 6.45) is 0. The second-order valence-electron chi connectivity index (χ2n) is 7.64. The minimum atomic E-state index is -0.0462. The highest BCUT2D eigenvalue weighted by atomic mass is 16.5. The van der Waals surface area contributed by atoms with Gasteiger partial charge in [-0.3, -0.25) is 9.59 Å². The molecule has 3 aromatic rings. The number of fused-ring (bicyclic) bond motifs is 1. The molecule has 0 saturated carbocycles. The summed E-state index contributed by atoms with van der Waals surface area (Å²) in [6, 6.07) is 12.6. The van der Waals surface area contributed by atoms with Crippen molar-refractivity contribution in [3.05, 3.63) is 65.0 Å². The van der Waals surface area contributed by atoms with Crippen LogP contribution in [-0.4, -0.2) is 64.4 Å². The Kier molecular flexibility index (Phi) is 5.84. The molecule has 0 bridgehead atoms. The van der Waals surface area contributed by atoms with E-state index in [9.17, 15) is 9.59 Å². The van der Waals surface area contributed by atoms with Crippen LogP contribution in [0.1, 0.15) is 39.0 Å². The highest BCUT2D eigenvalue weighted by molar-refractivity contribution is 5.98. The zero-order valence-corrected chi connectivity index (χ0v) is 18.1. The summed E-state index contributed by atoms with van der Waals surface area (Å²) < 4.78 is 5.43. The fraction of sp³-hybridized carbons (Fsp3) is 0.333. The molecule has 2 heterocycles. The monoisotopic (exact) mass is 418 g/mol. The molecule has 160 valence electrons. The molecule has 1 aliphatic heterocycles. The molecule has 0 spiro atoms. The number of benzene rings is 2. The third-order valence-corrected chi connectivity index (χ3v) is 5.59. The molecule has 7 heteroatoms. The molecule has 0 radical (unpaired) electrons. The second-order valence-corrected chi connectivity index (χ2v) is 7.64. The van der Waals surface area contributed by atoms with Gasteiger partial charge in [0.1, 0.15) is 5.75 Å². The van der Waals surface area contributed by atoms with E-state index < -0.39 is 0 Å². The van der Waals surface area contributed by atoms with Crippen molar-refractivity contribution in [2.24, 2.45) is 0 Å². The first-order chi connectivity index (χ1) is 15.0. The number of hydrogen-bond acceptors (Lipinski definition) is 5. The first kappa shape index (κ1) is 20.8. The summed E-state index contributed by atoms with van der Waals surface area (Å²) in [5.41, 5.74) is 4.47. The molecule has 1 fully saturated rings. The van der Waals surface area contributed by atoms with E-state index in [0.29, 0.717) is 43.9 Å². The molecule has 1 aliphatic rings. The van der Waals surface area contributed by atoms with Gasteiger partial charge in [0.05, 0.1) is 29.0 Å². The van der Waals surface area contributed by atoms with Crippen molar-refractivity contribution in [2.45, 2.75) is 20.8 Å². The van der Waals surface area contributed by atoms with E-state index in [1.807, 2.05) is 39.0 Å². The third-order valence-electron chi connectivity index (χ3n) is 5.59. The lowest BCUT2D eigenvalue weighted by Gasteiger charge is -2.35. The highest BCUT2D eigenvalue weighted by Crippen LogP contribution is 2.18. The van der Waals surface area contributed by atoms with Gasteiger partial charge in [0, 0.05) is 37.3 Å². The summed E-state index contributed by atoms with van der Waals surface area (Å²) in [5, 5.41) is 0. The van der Waals surface area contributed by atoms with Crippen LogP contribution in [-0.2, 0) is 0 Å². The van der Waals surface area contributed by atoms with Crippen LogP contribution in [0.4, 0.5) is 0 Å². The lowest BCUT2D eigenvalue weighted by Crippen LogP contribution is -2.50. The summed E-state index contributed by atoms with van der Waals surface area (Å²) in [6.45, 7) is 8.36. The van der Waals surface area contributed by atoms with Gasteiger partial charge in [-0.05, 0) is 63.2 Å². The van der Waals surface area contributed by atoms with Crippen LogP contribution in [0.5, 0.6) is 5.75 Å². The van der Waals surface area contributed by atoms with E-state index in [1.54, 1.807) is 34.1 Å². The maximum atomic E-state index is 13.0. The zero-order chi connectivity index (χ0) is 22.0. The van der Waals surface area contributed by atoms with Gasteiger partial charge in [-0.25, -0.2) is 9.97 Å². The summed E-state index contributed by atoms with van der Waals surface area (Å²) >= 11 is 0. The number of hydrogen-bond donors (Lipinski definition) is 0. The van der Waals surface area contributed by atoms with Gasteiger partial charge < -0.3 is 14.5 Å². The van der Waals surface area contributed by atoms with Crippen molar-refractivity contribution >= 4 is 22.8 Å². The first-order valence-corrected chi connectivity index (χ1v) is 10.5. The molecule has 4 rings (SSSR count). The Morgan fingerprint density at radius 1 is 0.806 bits per heavy atom. The van der Waals surface area contributed by atoms with Crippen molar-refractivity contribution in [3.63, 3.8) is 0 Å². The molecule has 0 unspecified atom stereocenters. The Hall–Kier alpha value is -3.48. The minimum absolute atomic E-state index is 0.0260. The van der Waals surface area contributed by atoms with Crippen LogP contribution in [0.3, 0.4) is 0 Å². The quantitative estimate of drug-likeness (QED) is 0.650. The molecule has 1 aromatic heterocycles. The molecule has 0 aliphatic carbocycles. The normalized spacial score (nSPS) is 14.0. The average Bonchev–Trinajstić information content (AvgIpc) is 2.79. The maximum absolute atomic E-state index is 13.0. The Balaban J connectivity index is 1.41. The third kappa shape index (κ3) is 4.35. The van der Waals surface area contributed by atoms with Gasteiger partial charge in [0.25, 0.3) is 11.8 Å². The van der Waals surface area contributed by atoms with Crippen molar-refractivity contribution in [1.29, 1.82) is 0 Å². The number of carbonyl (C=O) groups excluding carboxylic acids is 2. The smallest absolute Gasteiger partial charge is 0.254 e. The molecule has 2 aromatic carbocycles. The largest absolute Gasteiger partial charge is 0.494 e. The second kappa shape index (κ2) is 8.71. The topological polar surface area (TPSA) is 75.6 Å². The fourth-order valence-electron chi connectivity index (χ4n) is 3.70. The standard InChI is InChI=1S/C24H26N4O3/c1-4-31-20-8-5-18(6-9-20)23(29)27-11-13-28(14-12-27)24(30)19-7-10-21-22(15-19)26-17(3)16(2)25-21/h5-10,15H,4,11-14H2,1-3H3. The minimum Gasteiger partial charge on any atom is -0.494 e. The number of aromatic nitrogens is 2. The van der Waals surface area contributed by atoms with Crippen molar-refractivity contribution in [2.75, 3.05) is 32.8 Å². The van der Waals surface area contributed by atoms with Gasteiger partial charge in [-0.2, -0.15) is 0 Å². The molecular formula is C24H26N4O3. The van der Waals surface area contributed by atoms with E-state index in [2.05, 4.69) is 9.97 Å². The lowest BCUT2D eigenvalue weighted by atomic mass is 10.1. The lowest BCUT2D eigenvalue weighted by molar-refractivity contribution is 0.0535. The molecule has 31 heavy (non-hydrogen) atoms. The number of nitrogens with zero attached hydrogens (tertiary/aromatic N) is 4. The van der Waals surface area contributed by atoms with Crippen LogP contribution in [0.25, 0.3) is 11.0 Å². The van der Waals surface area contributed by atoms with Gasteiger partial charge in [-0.1, -0.05) is 0 Å². The number of carbonyl (C=O) groups is 2. The van der Waals surface area contributed by atoms with Crippen molar-refractivity contribution in [1.82, 2.24) is 19.8 Å². The summed E-state index contributed by atoms with van der Waals surface area (Å²) in [4.78, 5) is 38.4. The van der Waals surface area contributed by atoms with Crippen molar-refractivity contribution < 1.29 is 14.3 Å². The van der Waals surface area contributed by atoms with Crippen LogP contribution < -0.4 is 4.74 Å². The number of piperazine rings is 1. The number of aryl methyl sites for hydroxylation is 2. The Morgan fingerprint density at radius 3 is 1.90 bits per heavy atom. The van der Waals surface area contributed by atoms with Crippen LogP contribution >= 0.6 is 0 Å². The molecule has 0 atom stereocenters. The number of amides is 2. The molecule has 7 nitrogen and oxygen atoms in total. The Bertz CT molecular complexity index is 1120. The van der Waals surface area contributed by atoms with Crippen LogP contribution in [0.15, 0.2) is 42.5 Å². The van der Waals surface area contributed by atoms with Gasteiger partial charge in [0.2, 0.25) is 0 Å².